The molecule has 0 spiro atoms. The van der Waals surface area contributed by atoms with Crippen molar-refractivity contribution in [3.05, 3.63) is 53.5 Å². The second kappa shape index (κ2) is 4.83. The lowest BCUT2D eigenvalue weighted by Gasteiger charge is -2.07. The summed E-state index contributed by atoms with van der Waals surface area (Å²) in [7, 11) is 0. The maximum Gasteiger partial charge on any atom is 0.337 e. The van der Waals surface area contributed by atoms with Crippen LogP contribution in [0.2, 0.25) is 0 Å². The number of carbonyl (C=O) groups is 1. The van der Waals surface area contributed by atoms with Crippen molar-refractivity contribution in [2.24, 2.45) is 0 Å². The van der Waals surface area contributed by atoms with Gasteiger partial charge in [-0.2, -0.15) is 0 Å². The highest BCUT2D eigenvalue weighted by Gasteiger charge is 2.10. The maximum atomic E-state index is 13.3. The molecule has 1 heterocycles. The van der Waals surface area contributed by atoms with Crippen molar-refractivity contribution in [3.8, 4) is 11.6 Å². The molecular formula is C13H10FNO3. The molecule has 0 bridgehead atoms. The number of hydrogen-bond acceptors (Lipinski definition) is 3. The predicted octanol–water partition coefficient (Wildman–Crippen LogP) is 3.02. The standard InChI is InChI=1S/C13H10FNO3/c1-8-9(13(16)17)6-7-12(15-8)18-11-5-3-2-4-10(11)14/h2-7H,1H3,(H,16,17). The summed E-state index contributed by atoms with van der Waals surface area (Å²) in [6.07, 6.45) is 0. The second-order valence-electron chi connectivity index (χ2n) is 3.62. The number of pyridine rings is 1. The molecule has 2 aromatic rings. The summed E-state index contributed by atoms with van der Waals surface area (Å²) in [6.45, 7) is 1.55. The number of aromatic carboxylic acids is 1. The normalized spacial score (nSPS) is 10.1. The molecule has 1 aromatic carbocycles. The van der Waals surface area contributed by atoms with E-state index in [0.717, 1.165) is 0 Å². The molecule has 4 nitrogen and oxygen atoms in total. The van der Waals surface area contributed by atoms with Crippen LogP contribution >= 0.6 is 0 Å². The number of carboxylic acid groups (broad SMARTS) is 1. The highest BCUT2D eigenvalue weighted by atomic mass is 19.1. The zero-order valence-electron chi connectivity index (χ0n) is 9.55. The van der Waals surface area contributed by atoms with Crippen LogP contribution in [0.4, 0.5) is 4.39 Å². The molecule has 5 heteroatoms. The molecule has 0 aliphatic rings. The molecule has 1 N–H and O–H groups in total. The molecule has 0 amide bonds. The van der Waals surface area contributed by atoms with Crippen molar-refractivity contribution in [2.75, 3.05) is 0 Å². The molecule has 0 unspecified atom stereocenters. The van der Waals surface area contributed by atoms with Crippen molar-refractivity contribution >= 4 is 5.97 Å². The molecule has 0 aliphatic heterocycles. The Kier molecular flexibility index (Phi) is 3.23. The average molecular weight is 247 g/mol. The summed E-state index contributed by atoms with van der Waals surface area (Å²) in [5.41, 5.74) is 0.409. The predicted molar refractivity (Wildman–Crippen MR) is 62.4 cm³/mol. The van der Waals surface area contributed by atoms with Crippen molar-refractivity contribution in [1.29, 1.82) is 0 Å². The number of hydrogen-bond donors (Lipinski definition) is 1. The number of rotatable bonds is 3. The molecular weight excluding hydrogens is 237 g/mol. The van der Waals surface area contributed by atoms with Crippen LogP contribution in [0.25, 0.3) is 0 Å². The van der Waals surface area contributed by atoms with Gasteiger partial charge in [-0.1, -0.05) is 12.1 Å². The lowest BCUT2D eigenvalue weighted by atomic mass is 10.2. The minimum absolute atomic E-state index is 0.0486. The smallest absolute Gasteiger partial charge is 0.337 e. The lowest BCUT2D eigenvalue weighted by Crippen LogP contribution is -2.02. The van der Waals surface area contributed by atoms with E-state index in [9.17, 15) is 9.18 Å². The summed E-state index contributed by atoms with van der Waals surface area (Å²) in [4.78, 5) is 14.8. The summed E-state index contributed by atoms with van der Waals surface area (Å²) in [5, 5.41) is 8.85. The first-order valence-corrected chi connectivity index (χ1v) is 5.21. The third-order valence-corrected chi connectivity index (χ3v) is 2.34. The Bertz CT molecular complexity index is 599. The first-order chi connectivity index (χ1) is 8.58. The quantitative estimate of drug-likeness (QED) is 0.905. The fourth-order valence-corrected chi connectivity index (χ4v) is 1.46. The van der Waals surface area contributed by atoms with Crippen LogP contribution in [-0.2, 0) is 0 Å². The van der Waals surface area contributed by atoms with Gasteiger partial charge in [0, 0.05) is 6.07 Å². The number of ether oxygens (including phenoxy) is 1. The second-order valence-corrected chi connectivity index (χ2v) is 3.62. The molecule has 0 aliphatic carbocycles. The molecule has 92 valence electrons. The lowest BCUT2D eigenvalue weighted by molar-refractivity contribution is 0.0695. The van der Waals surface area contributed by atoms with Gasteiger partial charge < -0.3 is 9.84 Å². The fourth-order valence-electron chi connectivity index (χ4n) is 1.46. The monoisotopic (exact) mass is 247 g/mol. The van der Waals surface area contributed by atoms with Gasteiger partial charge in [0.2, 0.25) is 5.88 Å². The third kappa shape index (κ3) is 2.45. The van der Waals surface area contributed by atoms with E-state index in [1.165, 1.54) is 24.3 Å². The van der Waals surface area contributed by atoms with E-state index < -0.39 is 11.8 Å². The molecule has 0 atom stereocenters. The Morgan fingerprint density at radius 2 is 2.00 bits per heavy atom. The Morgan fingerprint density at radius 3 is 2.61 bits per heavy atom. The van der Waals surface area contributed by atoms with Gasteiger partial charge in [0.15, 0.2) is 11.6 Å². The molecule has 2 rings (SSSR count). The van der Waals surface area contributed by atoms with Crippen LogP contribution in [0.15, 0.2) is 36.4 Å². The van der Waals surface area contributed by atoms with Gasteiger partial charge >= 0.3 is 5.97 Å². The van der Waals surface area contributed by atoms with Crippen LogP contribution in [0.5, 0.6) is 11.6 Å². The van der Waals surface area contributed by atoms with Crippen LogP contribution in [0.3, 0.4) is 0 Å². The van der Waals surface area contributed by atoms with Crippen LogP contribution in [0, 0.1) is 12.7 Å². The van der Waals surface area contributed by atoms with Crippen LogP contribution < -0.4 is 4.74 Å². The number of nitrogens with zero attached hydrogens (tertiary/aromatic N) is 1. The van der Waals surface area contributed by atoms with Crippen LogP contribution in [-0.4, -0.2) is 16.1 Å². The van der Waals surface area contributed by atoms with Crippen molar-refractivity contribution < 1.29 is 19.0 Å². The summed E-state index contributed by atoms with van der Waals surface area (Å²) < 4.78 is 18.6. The van der Waals surface area contributed by atoms with Gasteiger partial charge in [-0.15, -0.1) is 0 Å². The van der Waals surface area contributed by atoms with Gasteiger partial charge in [0.1, 0.15) is 0 Å². The molecule has 0 saturated heterocycles. The Labute approximate surface area is 103 Å². The number of benzene rings is 1. The van der Waals surface area contributed by atoms with Crippen molar-refractivity contribution in [1.82, 2.24) is 4.98 Å². The van der Waals surface area contributed by atoms with E-state index in [-0.39, 0.29) is 17.2 Å². The van der Waals surface area contributed by atoms with E-state index in [1.807, 2.05) is 0 Å². The van der Waals surface area contributed by atoms with Gasteiger partial charge in [-0.05, 0) is 25.1 Å². The summed E-state index contributed by atoms with van der Waals surface area (Å²) >= 11 is 0. The van der Waals surface area contributed by atoms with Crippen molar-refractivity contribution in [3.63, 3.8) is 0 Å². The van der Waals surface area contributed by atoms with Crippen LogP contribution in [0.1, 0.15) is 16.1 Å². The zero-order valence-corrected chi connectivity index (χ0v) is 9.55. The first-order valence-electron chi connectivity index (χ1n) is 5.21. The minimum atomic E-state index is -1.06. The number of carboxylic acids is 1. The van der Waals surface area contributed by atoms with Gasteiger partial charge in [0.25, 0.3) is 0 Å². The van der Waals surface area contributed by atoms with E-state index in [4.69, 9.17) is 9.84 Å². The molecule has 0 saturated carbocycles. The Balaban J connectivity index is 2.29. The SMILES string of the molecule is Cc1nc(Oc2ccccc2F)ccc1C(=O)O. The highest BCUT2D eigenvalue weighted by Crippen LogP contribution is 2.23. The highest BCUT2D eigenvalue weighted by molar-refractivity contribution is 5.88. The number of para-hydroxylation sites is 1. The van der Waals surface area contributed by atoms with E-state index >= 15 is 0 Å². The minimum Gasteiger partial charge on any atom is -0.478 e. The Morgan fingerprint density at radius 1 is 1.28 bits per heavy atom. The van der Waals surface area contributed by atoms with E-state index in [0.29, 0.717) is 5.69 Å². The van der Waals surface area contributed by atoms with Gasteiger partial charge in [0.05, 0.1) is 11.3 Å². The number of halogens is 1. The molecule has 18 heavy (non-hydrogen) atoms. The molecule has 1 aromatic heterocycles. The summed E-state index contributed by atoms with van der Waals surface area (Å²) in [6, 6.07) is 8.69. The maximum absolute atomic E-state index is 13.3. The topological polar surface area (TPSA) is 59.4 Å². The zero-order chi connectivity index (χ0) is 13.1. The van der Waals surface area contributed by atoms with E-state index in [2.05, 4.69) is 4.98 Å². The number of aromatic nitrogens is 1. The third-order valence-electron chi connectivity index (χ3n) is 2.34. The molecule has 0 fully saturated rings. The largest absolute Gasteiger partial charge is 0.478 e. The Hall–Kier alpha value is -2.43. The summed E-state index contributed by atoms with van der Waals surface area (Å²) in [5.74, 6) is -1.35. The van der Waals surface area contributed by atoms with Gasteiger partial charge in [-0.25, -0.2) is 14.2 Å². The average Bonchev–Trinajstić information content (AvgIpc) is 2.32. The number of aryl methyl sites for hydroxylation is 1. The first kappa shape index (κ1) is 12.0. The molecule has 0 radical (unpaired) electrons. The fraction of sp³-hybridized carbons (Fsp3) is 0.0769. The van der Waals surface area contributed by atoms with E-state index in [1.54, 1.807) is 19.1 Å². The van der Waals surface area contributed by atoms with Gasteiger partial charge in [-0.3, -0.25) is 0 Å². The van der Waals surface area contributed by atoms with Crippen molar-refractivity contribution in [2.45, 2.75) is 6.92 Å².